The number of rotatable bonds is 7. The van der Waals surface area contributed by atoms with Gasteiger partial charge >= 0.3 is 0 Å². The Kier molecular flexibility index (Phi) is 8.99. The fraction of sp³-hybridized carbons (Fsp3) is 0.516. The summed E-state index contributed by atoms with van der Waals surface area (Å²) in [7, 11) is 3.72. The molecule has 1 N–H and O–H groups in total. The maximum Gasteiger partial charge on any atom is 0.265 e. The Balaban J connectivity index is 0.00000164. The minimum Gasteiger partial charge on any atom is -0.370 e. The lowest BCUT2D eigenvalue weighted by Gasteiger charge is -2.37. The number of nitrogens with one attached hydrogen (secondary N) is 1. The highest BCUT2D eigenvalue weighted by Crippen LogP contribution is 2.44. The normalized spacial score (nSPS) is 20.8. The van der Waals surface area contributed by atoms with Crippen molar-refractivity contribution in [1.29, 1.82) is 0 Å². The second kappa shape index (κ2) is 12.0. The molecule has 2 saturated heterocycles. The number of alkyl halides is 2. The average Bonchev–Trinajstić information content (AvgIpc) is 3.34. The van der Waals surface area contributed by atoms with Crippen LogP contribution in [0.4, 0.5) is 18.9 Å². The SMILES string of the molecule is CC.CCc1cc2nc(-c3ccc(CCCNC)cc3)cc(N3CC4CN(C)CC(F)(F)C4C3)c2cc1F. The summed E-state index contributed by atoms with van der Waals surface area (Å²) in [5, 5.41) is 3.86. The molecule has 0 bridgehead atoms. The first-order valence-electron chi connectivity index (χ1n) is 14.0. The second-order valence-corrected chi connectivity index (χ2v) is 10.5. The van der Waals surface area contributed by atoms with E-state index in [1.165, 1.54) is 11.6 Å². The van der Waals surface area contributed by atoms with Gasteiger partial charge in [0, 0.05) is 42.2 Å². The fourth-order valence-electron chi connectivity index (χ4n) is 5.94. The third kappa shape index (κ3) is 5.84. The number of piperidine rings is 1. The summed E-state index contributed by atoms with van der Waals surface area (Å²) in [5.74, 6) is -3.82. The molecule has 0 saturated carbocycles. The molecule has 1 aromatic heterocycles. The summed E-state index contributed by atoms with van der Waals surface area (Å²) >= 11 is 0. The van der Waals surface area contributed by atoms with E-state index >= 15 is 0 Å². The molecular formula is C31H41F3N4. The van der Waals surface area contributed by atoms with Gasteiger partial charge in [-0.25, -0.2) is 18.2 Å². The number of nitrogens with zero attached hydrogens (tertiary/aromatic N) is 3. The van der Waals surface area contributed by atoms with E-state index in [9.17, 15) is 13.2 Å². The van der Waals surface area contributed by atoms with E-state index in [1.807, 2.05) is 44.9 Å². The Hall–Kier alpha value is -2.64. The van der Waals surface area contributed by atoms with Crippen molar-refractivity contribution in [2.24, 2.45) is 11.8 Å². The van der Waals surface area contributed by atoms with Crippen LogP contribution in [0.1, 0.15) is 38.3 Å². The molecule has 2 fully saturated rings. The van der Waals surface area contributed by atoms with E-state index in [0.29, 0.717) is 36.0 Å². The Morgan fingerprint density at radius 1 is 1.05 bits per heavy atom. The van der Waals surface area contributed by atoms with Crippen LogP contribution >= 0.6 is 0 Å². The van der Waals surface area contributed by atoms with Crippen LogP contribution in [0.5, 0.6) is 0 Å². The van der Waals surface area contributed by atoms with Gasteiger partial charge in [-0.15, -0.1) is 0 Å². The van der Waals surface area contributed by atoms with Crippen molar-refractivity contribution < 1.29 is 13.2 Å². The minimum atomic E-state index is -2.73. The van der Waals surface area contributed by atoms with Crippen molar-refractivity contribution in [3.05, 3.63) is 59.4 Å². The number of aromatic nitrogens is 1. The van der Waals surface area contributed by atoms with Crippen molar-refractivity contribution in [3.8, 4) is 11.3 Å². The predicted molar refractivity (Wildman–Crippen MR) is 152 cm³/mol. The van der Waals surface area contributed by atoms with Crippen LogP contribution in [0.2, 0.25) is 0 Å². The van der Waals surface area contributed by atoms with Gasteiger partial charge < -0.3 is 15.1 Å². The number of aryl methyl sites for hydroxylation is 2. The number of hydrogen-bond donors (Lipinski definition) is 1. The zero-order valence-electron chi connectivity index (χ0n) is 23.3. The fourth-order valence-corrected chi connectivity index (χ4v) is 5.94. The molecular weight excluding hydrogens is 485 g/mol. The quantitative estimate of drug-likeness (QED) is 0.360. The summed E-state index contributed by atoms with van der Waals surface area (Å²) in [6.45, 7) is 8.14. The first-order valence-corrected chi connectivity index (χ1v) is 14.0. The monoisotopic (exact) mass is 526 g/mol. The smallest absolute Gasteiger partial charge is 0.265 e. The van der Waals surface area contributed by atoms with E-state index in [0.717, 1.165) is 36.3 Å². The molecule has 206 valence electrons. The number of fused-ring (bicyclic) bond motifs is 2. The number of hydrogen-bond acceptors (Lipinski definition) is 4. The summed E-state index contributed by atoms with van der Waals surface area (Å²) < 4.78 is 44.7. The molecule has 2 aliphatic rings. The molecule has 4 nitrogen and oxygen atoms in total. The molecule has 2 atom stereocenters. The van der Waals surface area contributed by atoms with Gasteiger partial charge in [-0.1, -0.05) is 45.0 Å². The van der Waals surface area contributed by atoms with Gasteiger partial charge in [-0.2, -0.15) is 0 Å². The van der Waals surface area contributed by atoms with Gasteiger partial charge in [-0.05, 0) is 75.1 Å². The van der Waals surface area contributed by atoms with Crippen molar-refractivity contribution in [3.63, 3.8) is 0 Å². The lowest BCUT2D eigenvalue weighted by atomic mass is 9.86. The van der Waals surface area contributed by atoms with Crippen molar-refractivity contribution in [2.75, 3.05) is 51.7 Å². The van der Waals surface area contributed by atoms with Crippen LogP contribution < -0.4 is 10.2 Å². The van der Waals surface area contributed by atoms with Crippen LogP contribution in [0.3, 0.4) is 0 Å². The van der Waals surface area contributed by atoms with E-state index in [1.54, 1.807) is 11.9 Å². The lowest BCUT2D eigenvalue weighted by Crippen LogP contribution is -2.51. The molecule has 0 amide bonds. The maximum absolute atomic E-state index is 14.9. The highest BCUT2D eigenvalue weighted by molar-refractivity contribution is 5.95. The van der Waals surface area contributed by atoms with Gasteiger partial charge in [0.15, 0.2) is 0 Å². The highest BCUT2D eigenvalue weighted by atomic mass is 19.3. The molecule has 2 aromatic carbocycles. The van der Waals surface area contributed by atoms with Gasteiger partial charge in [0.05, 0.1) is 17.8 Å². The molecule has 5 rings (SSSR count). The third-order valence-corrected chi connectivity index (χ3v) is 7.83. The van der Waals surface area contributed by atoms with Crippen molar-refractivity contribution >= 4 is 16.6 Å². The third-order valence-electron chi connectivity index (χ3n) is 7.83. The Morgan fingerprint density at radius 2 is 1.79 bits per heavy atom. The Morgan fingerprint density at radius 3 is 2.47 bits per heavy atom. The summed E-state index contributed by atoms with van der Waals surface area (Å²) in [6.07, 6.45) is 2.63. The van der Waals surface area contributed by atoms with E-state index in [4.69, 9.17) is 4.98 Å². The van der Waals surface area contributed by atoms with Crippen LogP contribution in [0.25, 0.3) is 22.2 Å². The van der Waals surface area contributed by atoms with Crippen LogP contribution in [0, 0.1) is 17.7 Å². The predicted octanol–water partition coefficient (Wildman–Crippen LogP) is 6.41. The number of halogens is 3. The zero-order valence-corrected chi connectivity index (χ0v) is 23.3. The number of likely N-dealkylation sites (tertiary alicyclic amines) is 1. The summed E-state index contributed by atoms with van der Waals surface area (Å²) in [5.41, 5.74) is 5.13. The van der Waals surface area contributed by atoms with Crippen molar-refractivity contribution in [1.82, 2.24) is 15.2 Å². The number of anilines is 1. The minimum absolute atomic E-state index is 0.123. The van der Waals surface area contributed by atoms with Crippen LogP contribution in [0.15, 0.2) is 42.5 Å². The molecule has 0 aliphatic carbocycles. The molecule has 38 heavy (non-hydrogen) atoms. The molecule has 0 spiro atoms. The number of pyridine rings is 1. The van der Waals surface area contributed by atoms with Gasteiger partial charge in [-0.3, -0.25) is 0 Å². The van der Waals surface area contributed by atoms with Gasteiger partial charge in [0.1, 0.15) is 5.82 Å². The van der Waals surface area contributed by atoms with Gasteiger partial charge in [0.2, 0.25) is 0 Å². The van der Waals surface area contributed by atoms with Crippen molar-refractivity contribution in [2.45, 2.75) is 46.0 Å². The molecule has 7 heteroatoms. The van der Waals surface area contributed by atoms with Crippen LogP contribution in [-0.2, 0) is 12.8 Å². The Labute approximate surface area is 225 Å². The van der Waals surface area contributed by atoms with E-state index in [2.05, 4.69) is 29.6 Å². The first-order chi connectivity index (χ1) is 18.3. The number of benzene rings is 2. The van der Waals surface area contributed by atoms with Crippen LogP contribution in [-0.4, -0.2) is 62.6 Å². The standard InChI is InChI=1S/C29H35F3N4.C2H6/c1-4-20-12-27-23(13-25(20)30)28(36-16-22-15-35(3)18-29(31,32)24(22)17-36)14-26(34-27)21-9-7-19(8-10-21)6-5-11-33-2;1-2/h7-10,12-14,22,24,33H,4-6,11,15-18H2,1-3H3;1-2H3. The molecule has 2 unspecified atom stereocenters. The van der Waals surface area contributed by atoms with Gasteiger partial charge in [0.25, 0.3) is 5.92 Å². The lowest BCUT2D eigenvalue weighted by molar-refractivity contribution is -0.114. The molecule has 0 radical (unpaired) electrons. The van der Waals surface area contributed by atoms with E-state index in [-0.39, 0.29) is 24.8 Å². The molecule has 2 aliphatic heterocycles. The zero-order chi connectivity index (χ0) is 27.4. The second-order valence-electron chi connectivity index (χ2n) is 10.5. The summed E-state index contributed by atoms with van der Waals surface area (Å²) in [6, 6.07) is 13.7. The molecule has 3 aromatic rings. The largest absolute Gasteiger partial charge is 0.370 e. The first kappa shape index (κ1) is 28.4. The Bertz CT molecular complexity index is 1230. The van der Waals surface area contributed by atoms with E-state index < -0.39 is 11.8 Å². The average molecular weight is 527 g/mol. The maximum atomic E-state index is 14.9. The summed E-state index contributed by atoms with van der Waals surface area (Å²) in [4.78, 5) is 8.67. The highest BCUT2D eigenvalue weighted by Gasteiger charge is 2.53. The topological polar surface area (TPSA) is 31.4 Å². The molecule has 3 heterocycles.